The van der Waals surface area contributed by atoms with Gasteiger partial charge in [0.2, 0.25) is 0 Å². The van der Waals surface area contributed by atoms with Crippen LogP contribution in [0.15, 0.2) is 156 Å². The largest absolute Gasteiger partial charge is 0.456 e. The molecule has 0 spiro atoms. The first-order valence-corrected chi connectivity index (χ1v) is 20.8. The third kappa shape index (κ3) is 6.19. The van der Waals surface area contributed by atoms with E-state index < -0.39 is 0 Å². The minimum absolute atomic E-state index is 0.0842. The number of benzene rings is 5. The van der Waals surface area contributed by atoms with Crippen molar-refractivity contribution in [3.63, 3.8) is 0 Å². The van der Waals surface area contributed by atoms with E-state index in [4.69, 9.17) is 19.4 Å². The van der Waals surface area contributed by atoms with Crippen molar-refractivity contribution in [1.82, 2.24) is 15.0 Å². The lowest BCUT2D eigenvalue weighted by molar-refractivity contribution is 0.598. The first kappa shape index (κ1) is 33.9. The molecule has 5 heteroatoms. The Kier molecular flexibility index (Phi) is 8.47. The first-order chi connectivity index (χ1) is 28.2. The summed E-state index contributed by atoms with van der Waals surface area (Å²) < 4.78 is 7.90. The molecule has 0 fully saturated rings. The van der Waals surface area contributed by atoms with Gasteiger partial charge < -0.3 is 4.42 Å². The highest BCUT2D eigenvalue weighted by Gasteiger charge is 2.25. The molecule has 0 radical (unpaired) electrons. The fourth-order valence-corrected chi connectivity index (χ4v) is 10.1. The van der Waals surface area contributed by atoms with Gasteiger partial charge in [-0.05, 0) is 89.1 Å². The molecule has 2 unspecified atom stereocenters. The monoisotopic (exact) mass is 753 g/mol. The fraction of sp³-hybridized carbons (Fsp3) is 0.135. The van der Waals surface area contributed by atoms with Crippen LogP contribution in [0, 0.1) is 0 Å². The van der Waals surface area contributed by atoms with Gasteiger partial charge in [-0.25, -0.2) is 15.0 Å². The second-order valence-electron chi connectivity index (χ2n) is 15.2. The summed E-state index contributed by atoms with van der Waals surface area (Å²) in [6, 6.07) is 41.4. The summed E-state index contributed by atoms with van der Waals surface area (Å²) in [7, 11) is 0. The summed E-state index contributed by atoms with van der Waals surface area (Å²) in [5.74, 6) is 3.47. The molecule has 0 saturated carbocycles. The van der Waals surface area contributed by atoms with E-state index in [9.17, 15) is 0 Å². The molecule has 4 nitrogen and oxygen atoms in total. The highest BCUT2D eigenvalue weighted by atomic mass is 32.1. The van der Waals surface area contributed by atoms with Crippen molar-refractivity contribution in [3.8, 4) is 45.0 Å². The number of rotatable bonds is 6. The Morgan fingerprint density at radius 2 is 1.40 bits per heavy atom. The molecule has 0 bridgehead atoms. The van der Waals surface area contributed by atoms with Crippen molar-refractivity contribution >= 4 is 44.5 Å². The van der Waals surface area contributed by atoms with Crippen LogP contribution in [0.2, 0.25) is 0 Å². The first-order valence-electron chi connectivity index (χ1n) is 20.0. The average Bonchev–Trinajstić information content (AvgIpc) is 3.77. The molecule has 3 aliphatic rings. The van der Waals surface area contributed by atoms with Crippen molar-refractivity contribution in [3.05, 3.63) is 185 Å². The Bertz CT molecular complexity index is 2940. The predicted molar refractivity (Wildman–Crippen MR) is 236 cm³/mol. The molecule has 0 amide bonds. The highest BCUT2D eigenvalue weighted by molar-refractivity contribution is 7.19. The molecule has 11 rings (SSSR count). The Balaban J connectivity index is 0.938. The Morgan fingerprint density at radius 3 is 2.25 bits per heavy atom. The van der Waals surface area contributed by atoms with Gasteiger partial charge in [-0.3, -0.25) is 0 Å². The maximum atomic E-state index is 6.62. The van der Waals surface area contributed by atoms with Crippen LogP contribution >= 0.6 is 11.3 Å². The number of aryl methyl sites for hydroxylation is 2. The van der Waals surface area contributed by atoms with Crippen LogP contribution in [0.1, 0.15) is 64.3 Å². The van der Waals surface area contributed by atoms with E-state index in [0.717, 1.165) is 65.8 Å². The third-order valence-corrected chi connectivity index (χ3v) is 13.0. The highest BCUT2D eigenvalue weighted by Crippen LogP contribution is 2.42. The number of aromatic nitrogens is 3. The van der Waals surface area contributed by atoms with Gasteiger partial charge in [0.15, 0.2) is 11.6 Å². The zero-order valence-electron chi connectivity index (χ0n) is 31.4. The summed E-state index contributed by atoms with van der Waals surface area (Å²) in [5, 5.41) is 2.41. The molecule has 0 aliphatic heterocycles. The molecule has 3 aliphatic carbocycles. The lowest BCUT2D eigenvalue weighted by Crippen LogP contribution is -2.08. The van der Waals surface area contributed by atoms with Crippen LogP contribution in [-0.2, 0) is 12.8 Å². The summed E-state index contributed by atoms with van der Waals surface area (Å²) in [6.45, 7) is 0. The second kappa shape index (κ2) is 14.3. The maximum Gasteiger partial charge on any atom is 0.164 e. The molecule has 57 heavy (non-hydrogen) atoms. The number of hydrogen-bond donors (Lipinski definition) is 0. The van der Waals surface area contributed by atoms with Crippen molar-refractivity contribution in [2.75, 3.05) is 0 Å². The van der Waals surface area contributed by atoms with Gasteiger partial charge >= 0.3 is 0 Å². The number of allylic oxidation sites excluding steroid dienone is 6. The Morgan fingerprint density at radius 1 is 0.614 bits per heavy atom. The SMILES string of the molecule is C1=CCC(c2nc(-c3ccc4c5c(sc4c3)CCC=C5)nc(-c3cccc4oc5c(c34)CCC(c3ccc(-c4ccccc4-c4ccccc4)cc3)C=C5)n2)C=C1. The number of thiophene rings is 1. The summed E-state index contributed by atoms with van der Waals surface area (Å²) >= 11 is 1.90. The standard InChI is InChI=1S/C52H39N3OS/c1-3-12-35(13-4-1)39-16-7-8-17-40(39)36-24-22-33(23-25-36)34-26-30-43-45(31-28-34)56-46-20-11-19-44(49(43)46)52-54-50(37-14-5-2-6-15-37)53-51(55-52)38-27-29-42-41-18-9-10-21-47(41)57-48(42)32-38/h1-9,11-14,16-20,22-25,27-29,31-32,34,37H,10,15,21,26,30H2. The normalized spacial score (nSPS) is 17.2. The molecular formula is C52H39N3OS. The zero-order valence-corrected chi connectivity index (χ0v) is 32.3. The fourth-order valence-electron chi connectivity index (χ4n) is 8.86. The van der Waals surface area contributed by atoms with Crippen LogP contribution < -0.4 is 0 Å². The molecule has 274 valence electrons. The topological polar surface area (TPSA) is 51.8 Å². The van der Waals surface area contributed by atoms with Gasteiger partial charge in [0, 0.05) is 43.5 Å². The van der Waals surface area contributed by atoms with Crippen LogP contribution in [0.5, 0.6) is 0 Å². The summed E-state index contributed by atoms with van der Waals surface area (Å²) in [6.07, 6.45) is 22.6. The second-order valence-corrected chi connectivity index (χ2v) is 16.4. The van der Waals surface area contributed by atoms with E-state index in [1.54, 1.807) is 0 Å². The van der Waals surface area contributed by atoms with E-state index in [0.29, 0.717) is 11.6 Å². The van der Waals surface area contributed by atoms with Gasteiger partial charge in [-0.2, -0.15) is 0 Å². The molecule has 5 aromatic carbocycles. The van der Waals surface area contributed by atoms with Crippen LogP contribution in [-0.4, -0.2) is 15.0 Å². The van der Waals surface area contributed by atoms with Crippen LogP contribution in [0.25, 0.3) is 78.2 Å². The molecule has 8 aromatic rings. The van der Waals surface area contributed by atoms with Crippen molar-refractivity contribution < 1.29 is 4.42 Å². The quantitative estimate of drug-likeness (QED) is 0.170. The number of furan rings is 1. The molecule has 2 atom stereocenters. The predicted octanol–water partition coefficient (Wildman–Crippen LogP) is 13.8. The molecule has 3 aromatic heterocycles. The van der Waals surface area contributed by atoms with E-state index in [1.165, 1.54) is 53.9 Å². The lowest BCUT2D eigenvalue weighted by atomic mass is 9.90. The number of nitrogens with zero attached hydrogens (tertiary/aromatic N) is 3. The van der Waals surface area contributed by atoms with Crippen LogP contribution in [0.4, 0.5) is 0 Å². The van der Waals surface area contributed by atoms with E-state index >= 15 is 0 Å². The number of hydrogen-bond acceptors (Lipinski definition) is 5. The smallest absolute Gasteiger partial charge is 0.164 e. The summed E-state index contributed by atoms with van der Waals surface area (Å²) in [5.41, 5.74) is 11.7. The Hall–Kier alpha value is -6.43. The minimum Gasteiger partial charge on any atom is -0.456 e. The number of fused-ring (bicyclic) bond motifs is 6. The average molecular weight is 754 g/mol. The van der Waals surface area contributed by atoms with E-state index in [-0.39, 0.29) is 11.8 Å². The van der Waals surface area contributed by atoms with Gasteiger partial charge in [-0.1, -0.05) is 146 Å². The van der Waals surface area contributed by atoms with E-state index in [2.05, 4.69) is 164 Å². The van der Waals surface area contributed by atoms with Gasteiger partial charge in [0.05, 0.1) is 0 Å². The molecule has 3 heterocycles. The van der Waals surface area contributed by atoms with Crippen molar-refractivity contribution in [2.45, 2.75) is 43.9 Å². The van der Waals surface area contributed by atoms with E-state index in [1.807, 2.05) is 11.3 Å². The minimum atomic E-state index is 0.0842. The van der Waals surface area contributed by atoms with Gasteiger partial charge in [0.1, 0.15) is 17.2 Å². The third-order valence-electron chi connectivity index (χ3n) is 11.8. The van der Waals surface area contributed by atoms with Gasteiger partial charge in [-0.15, -0.1) is 11.3 Å². The maximum absolute atomic E-state index is 6.62. The lowest BCUT2D eigenvalue weighted by Gasteiger charge is -2.15. The zero-order chi connectivity index (χ0) is 37.7. The molecule has 0 N–H and O–H groups in total. The summed E-state index contributed by atoms with van der Waals surface area (Å²) in [4.78, 5) is 17.1. The van der Waals surface area contributed by atoms with Crippen molar-refractivity contribution in [2.24, 2.45) is 0 Å². The van der Waals surface area contributed by atoms with Gasteiger partial charge in [0.25, 0.3) is 0 Å². The van der Waals surface area contributed by atoms with Crippen molar-refractivity contribution in [1.29, 1.82) is 0 Å². The Labute approximate surface area is 336 Å². The van der Waals surface area contributed by atoms with Crippen LogP contribution in [0.3, 0.4) is 0 Å². The molecular weight excluding hydrogens is 715 g/mol. The molecule has 0 saturated heterocycles.